The summed E-state index contributed by atoms with van der Waals surface area (Å²) in [5.41, 5.74) is 0.681. The van der Waals surface area contributed by atoms with Gasteiger partial charge in [0, 0.05) is 12.2 Å². The first kappa shape index (κ1) is 15.8. The number of amides is 2. The second-order valence-electron chi connectivity index (χ2n) is 5.86. The van der Waals surface area contributed by atoms with Gasteiger partial charge in [0.1, 0.15) is 11.9 Å². The molecule has 0 radical (unpaired) electrons. The Morgan fingerprint density at radius 1 is 1.39 bits per heavy atom. The lowest BCUT2D eigenvalue weighted by atomic mass is 10.1. The molecule has 124 valence electrons. The molecule has 6 heteroatoms. The van der Waals surface area contributed by atoms with Crippen LogP contribution in [0.2, 0.25) is 0 Å². The van der Waals surface area contributed by atoms with Crippen LogP contribution < -0.4 is 10.1 Å². The Morgan fingerprint density at radius 2 is 2.17 bits per heavy atom. The predicted octanol–water partition coefficient (Wildman–Crippen LogP) is 1.80. The second kappa shape index (κ2) is 7.00. The van der Waals surface area contributed by atoms with Crippen LogP contribution >= 0.6 is 0 Å². The largest absolute Gasteiger partial charge is 0.494 e. The number of anilines is 1. The molecule has 2 amide bonds. The Hall–Kier alpha value is -2.08. The molecule has 0 saturated carbocycles. The van der Waals surface area contributed by atoms with Crippen LogP contribution in [0.3, 0.4) is 0 Å². The van der Waals surface area contributed by atoms with Crippen LogP contribution in [-0.4, -0.2) is 48.6 Å². The molecule has 1 aromatic carbocycles. The van der Waals surface area contributed by atoms with Crippen molar-refractivity contribution in [2.24, 2.45) is 0 Å². The fourth-order valence-corrected chi connectivity index (χ4v) is 3.11. The van der Waals surface area contributed by atoms with E-state index in [1.165, 1.54) is 0 Å². The van der Waals surface area contributed by atoms with Crippen molar-refractivity contribution in [2.45, 2.75) is 38.3 Å². The van der Waals surface area contributed by atoms with Crippen LogP contribution in [0.25, 0.3) is 0 Å². The quantitative estimate of drug-likeness (QED) is 0.899. The maximum absolute atomic E-state index is 12.3. The summed E-state index contributed by atoms with van der Waals surface area (Å²) in [6, 6.07) is 7.37. The van der Waals surface area contributed by atoms with Crippen LogP contribution in [0.15, 0.2) is 24.3 Å². The third-order valence-corrected chi connectivity index (χ3v) is 4.25. The van der Waals surface area contributed by atoms with E-state index in [2.05, 4.69) is 5.32 Å². The van der Waals surface area contributed by atoms with Gasteiger partial charge < -0.3 is 19.7 Å². The number of nitrogens with one attached hydrogen (secondary N) is 1. The lowest BCUT2D eigenvalue weighted by Gasteiger charge is -2.34. The number of benzene rings is 1. The minimum atomic E-state index is -0.660. The molecule has 6 nitrogen and oxygen atoms in total. The number of fused-ring (bicyclic) bond motifs is 1. The molecule has 23 heavy (non-hydrogen) atoms. The molecular formula is C17H22N2O4. The number of nitrogens with zero attached hydrogens (tertiary/aromatic N) is 1. The van der Waals surface area contributed by atoms with Crippen molar-refractivity contribution in [3.05, 3.63) is 24.3 Å². The van der Waals surface area contributed by atoms with Crippen LogP contribution in [0.4, 0.5) is 5.69 Å². The molecule has 0 aromatic heterocycles. The average molecular weight is 318 g/mol. The van der Waals surface area contributed by atoms with Gasteiger partial charge in [-0.2, -0.15) is 0 Å². The standard InChI is InChI=1S/C17H22N2O4/c1-2-22-14-7-5-12(6-8-14)18-16(20)10-15-17(21)19-9-3-4-13(19)11-23-15/h5-8,13,15H,2-4,9-11H2,1H3,(H,18,20)/t13-,15+/m1/s1. The SMILES string of the molecule is CCOc1ccc(NC(=O)C[C@@H]2OC[C@H]3CCCN3C2=O)cc1. The van der Waals surface area contributed by atoms with Gasteiger partial charge in [0.05, 0.1) is 25.7 Å². The molecule has 0 bridgehead atoms. The molecule has 1 N–H and O–H groups in total. The van der Waals surface area contributed by atoms with Crippen LogP contribution in [0.5, 0.6) is 5.75 Å². The van der Waals surface area contributed by atoms with Crippen molar-refractivity contribution in [1.82, 2.24) is 4.90 Å². The number of ether oxygens (including phenoxy) is 2. The van der Waals surface area contributed by atoms with Gasteiger partial charge in [-0.15, -0.1) is 0 Å². The Balaban J connectivity index is 1.53. The predicted molar refractivity (Wildman–Crippen MR) is 85.3 cm³/mol. The smallest absolute Gasteiger partial charge is 0.252 e. The molecule has 0 unspecified atom stereocenters. The monoisotopic (exact) mass is 318 g/mol. The Morgan fingerprint density at radius 3 is 2.91 bits per heavy atom. The van der Waals surface area contributed by atoms with Crippen molar-refractivity contribution >= 4 is 17.5 Å². The van der Waals surface area contributed by atoms with Crippen molar-refractivity contribution in [1.29, 1.82) is 0 Å². The van der Waals surface area contributed by atoms with E-state index < -0.39 is 6.10 Å². The maximum atomic E-state index is 12.3. The molecule has 2 saturated heterocycles. The second-order valence-corrected chi connectivity index (χ2v) is 5.86. The fourth-order valence-electron chi connectivity index (χ4n) is 3.11. The number of hydrogen-bond acceptors (Lipinski definition) is 4. The van der Waals surface area contributed by atoms with Crippen LogP contribution in [-0.2, 0) is 14.3 Å². The first-order valence-electron chi connectivity index (χ1n) is 8.12. The normalized spacial score (nSPS) is 23.5. The third-order valence-electron chi connectivity index (χ3n) is 4.25. The number of rotatable bonds is 5. The highest BCUT2D eigenvalue weighted by Gasteiger charge is 2.39. The number of morpholine rings is 1. The summed E-state index contributed by atoms with van der Waals surface area (Å²) in [5.74, 6) is 0.488. The Bertz CT molecular complexity index is 572. The highest BCUT2D eigenvalue weighted by atomic mass is 16.5. The van der Waals surface area contributed by atoms with E-state index in [4.69, 9.17) is 9.47 Å². The number of hydrogen-bond donors (Lipinski definition) is 1. The van der Waals surface area contributed by atoms with E-state index in [0.29, 0.717) is 18.9 Å². The zero-order chi connectivity index (χ0) is 16.2. The molecule has 2 heterocycles. The van der Waals surface area contributed by atoms with Gasteiger partial charge in [0.2, 0.25) is 5.91 Å². The topological polar surface area (TPSA) is 67.9 Å². The van der Waals surface area contributed by atoms with Crippen molar-refractivity contribution in [3.63, 3.8) is 0 Å². The minimum absolute atomic E-state index is 0.0509. The molecule has 2 aliphatic rings. The van der Waals surface area contributed by atoms with Crippen LogP contribution in [0, 0.1) is 0 Å². The average Bonchev–Trinajstić information content (AvgIpc) is 3.02. The van der Waals surface area contributed by atoms with E-state index in [1.54, 1.807) is 24.3 Å². The first-order chi connectivity index (χ1) is 11.2. The van der Waals surface area contributed by atoms with E-state index in [0.717, 1.165) is 25.1 Å². The first-order valence-corrected chi connectivity index (χ1v) is 8.12. The van der Waals surface area contributed by atoms with Gasteiger partial charge in [0.25, 0.3) is 5.91 Å². The van der Waals surface area contributed by atoms with E-state index >= 15 is 0 Å². The lowest BCUT2D eigenvalue weighted by Crippen LogP contribution is -2.51. The van der Waals surface area contributed by atoms with Crippen molar-refractivity contribution in [3.8, 4) is 5.75 Å². The molecule has 2 fully saturated rings. The van der Waals surface area contributed by atoms with Crippen molar-refractivity contribution < 1.29 is 19.1 Å². The summed E-state index contributed by atoms with van der Waals surface area (Å²) in [4.78, 5) is 26.3. The zero-order valence-corrected chi connectivity index (χ0v) is 13.3. The van der Waals surface area contributed by atoms with Gasteiger partial charge in [-0.3, -0.25) is 9.59 Å². The van der Waals surface area contributed by atoms with Gasteiger partial charge in [0.15, 0.2) is 0 Å². The highest BCUT2D eigenvalue weighted by molar-refractivity contribution is 5.95. The van der Waals surface area contributed by atoms with E-state index in [-0.39, 0.29) is 24.3 Å². The number of carbonyl (C=O) groups excluding carboxylic acids is 2. The Labute approximate surface area is 135 Å². The van der Waals surface area contributed by atoms with Gasteiger partial charge in [-0.05, 0) is 44.0 Å². The highest BCUT2D eigenvalue weighted by Crippen LogP contribution is 2.25. The fraction of sp³-hybridized carbons (Fsp3) is 0.529. The van der Waals surface area contributed by atoms with Gasteiger partial charge in [-0.25, -0.2) is 0 Å². The molecule has 0 spiro atoms. The summed E-state index contributed by atoms with van der Waals surface area (Å²) in [6.45, 7) is 3.84. The molecule has 2 aliphatic heterocycles. The molecule has 1 aromatic rings. The molecule has 3 rings (SSSR count). The summed E-state index contributed by atoms with van der Waals surface area (Å²) in [5, 5.41) is 2.79. The summed E-state index contributed by atoms with van der Waals surface area (Å²) < 4.78 is 11.0. The molecular weight excluding hydrogens is 296 g/mol. The lowest BCUT2D eigenvalue weighted by molar-refractivity contribution is -0.158. The van der Waals surface area contributed by atoms with Crippen molar-refractivity contribution in [2.75, 3.05) is 25.1 Å². The maximum Gasteiger partial charge on any atom is 0.252 e. The Kier molecular flexibility index (Phi) is 4.81. The summed E-state index contributed by atoms with van der Waals surface area (Å²) >= 11 is 0. The van der Waals surface area contributed by atoms with E-state index in [9.17, 15) is 9.59 Å². The zero-order valence-electron chi connectivity index (χ0n) is 13.3. The molecule has 0 aliphatic carbocycles. The van der Waals surface area contributed by atoms with Gasteiger partial charge >= 0.3 is 0 Å². The van der Waals surface area contributed by atoms with E-state index in [1.807, 2.05) is 11.8 Å². The third kappa shape index (κ3) is 3.64. The van der Waals surface area contributed by atoms with Crippen LogP contribution in [0.1, 0.15) is 26.2 Å². The number of carbonyl (C=O) groups is 2. The minimum Gasteiger partial charge on any atom is -0.494 e. The summed E-state index contributed by atoms with van der Waals surface area (Å²) in [7, 11) is 0. The summed E-state index contributed by atoms with van der Waals surface area (Å²) in [6.07, 6.45) is 1.41. The molecule has 2 atom stereocenters. The van der Waals surface area contributed by atoms with Gasteiger partial charge in [-0.1, -0.05) is 0 Å².